The second kappa shape index (κ2) is 8.61. The number of hydrogen-bond acceptors (Lipinski definition) is 4. The highest BCUT2D eigenvalue weighted by molar-refractivity contribution is 5.94. The van der Waals surface area contributed by atoms with Crippen LogP contribution in [0.3, 0.4) is 0 Å². The molecule has 1 aliphatic heterocycles. The zero-order valence-corrected chi connectivity index (χ0v) is 17.3. The number of halogens is 1. The average Bonchev–Trinajstić information content (AvgIpc) is 2.79. The van der Waals surface area contributed by atoms with E-state index < -0.39 is 0 Å². The maximum atomic E-state index is 14.6. The Balaban J connectivity index is 1.70. The maximum Gasteiger partial charge on any atom is 0.253 e. The van der Waals surface area contributed by atoms with Crippen LogP contribution >= 0.6 is 0 Å². The van der Waals surface area contributed by atoms with Crippen LogP contribution in [0.25, 0.3) is 11.1 Å². The van der Waals surface area contributed by atoms with Gasteiger partial charge in [0.15, 0.2) is 0 Å². The standard InChI is InChI=1S/C24H25FN4O/c1-28(2)24-26-15-20(19-12-6-7-13-21(19)25)22(27-24)18-11-8-14-29(16-18)23(30)17-9-4-3-5-10-17/h3-7,9-10,12-13,15,18H,8,11,14,16H2,1-2H3/t18-/m0/s1. The predicted molar refractivity (Wildman–Crippen MR) is 116 cm³/mol. The summed E-state index contributed by atoms with van der Waals surface area (Å²) in [7, 11) is 3.77. The number of nitrogens with zero attached hydrogens (tertiary/aromatic N) is 4. The molecule has 5 nitrogen and oxygen atoms in total. The highest BCUT2D eigenvalue weighted by Crippen LogP contribution is 2.35. The molecule has 1 amide bonds. The third kappa shape index (κ3) is 4.03. The number of hydrogen-bond donors (Lipinski definition) is 0. The summed E-state index contributed by atoms with van der Waals surface area (Å²) in [6.45, 7) is 1.27. The van der Waals surface area contributed by atoms with E-state index in [0.717, 1.165) is 18.5 Å². The number of piperidine rings is 1. The van der Waals surface area contributed by atoms with E-state index >= 15 is 0 Å². The molecule has 0 unspecified atom stereocenters. The Hall–Kier alpha value is -3.28. The largest absolute Gasteiger partial charge is 0.347 e. The van der Waals surface area contributed by atoms with Crippen molar-refractivity contribution in [1.82, 2.24) is 14.9 Å². The minimum absolute atomic E-state index is 0.0164. The van der Waals surface area contributed by atoms with Crippen molar-refractivity contribution in [2.24, 2.45) is 0 Å². The molecule has 0 bridgehead atoms. The van der Waals surface area contributed by atoms with Gasteiger partial charge in [0, 0.05) is 56.0 Å². The number of aromatic nitrogens is 2. The molecule has 1 aliphatic rings. The van der Waals surface area contributed by atoms with E-state index in [1.165, 1.54) is 6.07 Å². The van der Waals surface area contributed by atoms with Crippen molar-refractivity contribution in [2.75, 3.05) is 32.1 Å². The molecule has 6 heteroatoms. The van der Waals surface area contributed by atoms with Crippen LogP contribution < -0.4 is 4.90 Å². The van der Waals surface area contributed by atoms with Crippen molar-refractivity contribution in [3.05, 3.63) is 77.9 Å². The lowest BCUT2D eigenvalue weighted by Gasteiger charge is -2.33. The summed E-state index contributed by atoms with van der Waals surface area (Å²) >= 11 is 0. The minimum atomic E-state index is -0.298. The van der Waals surface area contributed by atoms with Crippen LogP contribution in [0.1, 0.15) is 34.8 Å². The third-order valence-electron chi connectivity index (χ3n) is 5.49. The van der Waals surface area contributed by atoms with Gasteiger partial charge in [-0.2, -0.15) is 0 Å². The van der Waals surface area contributed by atoms with Crippen LogP contribution in [-0.2, 0) is 0 Å². The lowest BCUT2D eigenvalue weighted by Crippen LogP contribution is -2.39. The zero-order valence-electron chi connectivity index (χ0n) is 17.3. The number of anilines is 1. The Bertz CT molecular complexity index is 1040. The quantitative estimate of drug-likeness (QED) is 0.648. The first-order valence-electron chi connectivity index (χ1n) is 10.2. The molecule has 3 aromatic rings. The molecule has 0 aliphatic carbocycles. The number of carbonyl (C=O) groups excluding carboxylic acids is 1. The van der Waals surface area contributed by atoms with Crippen molar-refractivity contribution in [3.8, 4) is 11.1 Å². The van der Waals surface area contributed by atoms with E-state index in [-0.39, 0.29) is 17.6 Å². The van der Waals surface area contributed by atoms with Crippen molar-refractivity contribution >= 4 is 11.9 Å². The molecule has 0 radical (unpaired) electrons. The Labute approximate surface area is 176 Å². The fourth-order valence-electron chi connectivity index (χ4n) is 3.95. The normalized spacial score (nSPS) is 16.4. The van der Waals surface area contributed by atoms with Gasteiger partial charge in [0.05, 0.1) is 5.69 Å². The minimum Gasteiger partial charge on any atom is -0.347 e. The first-order chi connectivity index (χ1) is 14.5. The summed E-state index contributed by atoms with van der Waals surface area (Å²) in [5, 5.41) is 0. The van der Waals surface area contributed by atoms with Gasteiger partial charge in [-0.05, 0) is 31.0 Å². The molecule has 1 fully saturated rings. The number of rotatable bonds is 4. The number of amides is 1. The molecule has 30 heavy (non-hydrogen) atoms. The van der Waals surface area contributed by atoms with E-state index in [9.17, 15) is 9.18 Å². The molecular formula is C24H25FN4O. The van der Waals surface area contributed by atoms with E-state index in [4.69, 9.17) is 4.98 Å². The first-order valence-corrected chi connectivity index (χ1v) is 10.2. The summed E-state index contributed by atoms with van der Waals surface area (Å²) in [6, 6.07) is 16.0. The number of likely N-dealkylation sites (tertiary alicyclic amines) is 1. The molecule has 1 aromatic heterocycles. The van der Waals surface area contributed by atoms with Gasteiger partial charge in [-0.15, -0.1) is 0 Å². The fourth-order valence-corrected chi connectivity index (χ4v) is 3.95. The summed E-state index contributed by atoms with van der Waals surface area (Å²) in [6.07, 6.45) is 3.47. The molecule has 0 N–H and O–H groups in total. The molecule has 2 aromatic carbocycles. The molecule has 0 spiro atoms. The van der Waals surface area contributed by atoms with Crippen LogP contribution in [0, 0.1) is 5.82 Å². The maximum absolute atomic E-state index is 14.6. The first kappa shape index (κ1) is 20.0. The lowest BCUT2D eigenvalue weighted by atomic mass is 9.89. The molecule has 4 rings (SSSR count). The van der Waals surface area contributed by atoms with Crippen molar-refractivity contribution in [1.29, 1.82) is 0 Å². The Morgan fingerprint density at radius 1 is 1.07 bits per heavy atom. The van der Waals surface area contributed by atoms with Gasteiger partial charge in [0.25, 0.3) is 5.91 Å². The van der Waals surface area contributed by atoms with E-state index in [1.54, 1.807) is 18.3 Å². The van der Waals surface area contributed by atoms with Crippen molar-refractivity contribution in [3.63, 3.8) is 0 Å². The van der Waals surface area contributed by atoms with Crippen LogP contribution in [0.15, 0.2) is 60.8 Å². The summed E-state index contributed by atoms with van der Waals surface area (Å²) in [5.41, 5.74) is 2.66. The molecule has 154 valence electrons. The average molecular weight is 404 g/mol. The van der Waals surface area contributed by atoms with Crippen molar-refractivity contribution < 1.29 is 9.18 Å². The molecule has 0 saturated carbocycles. The molecule has 2 heterocycles. The second-order valence-corrected chi connectivity index (χ2v) is 7.80. The van der Waals surface area contributed by atoms with Gasteiger partial charge in [-0.3, -0.25) is 4.79 Å². The topological polar surface area (TPSA) is 49.3 Å². The number of carbonyl (C=O) groups is 1. The van der Waals surface area contributed by atoms with Crippen LogP contribution in [0.4, 0.5) is 10.3 Å². The zero-order chi connectivity index (χ0) is 21.1. The Kier molecular flexibility index (Phi) is 5.74. The Morgan fingerprint density at radius 3 is 2.53 bits per heavy atom. The second-order valence-electron chi connectivity index (χ2n) is 7.80. The summed E-state index contributed by atoms with van der Waals surface area (Å²) in [5.74, 6) is 0.321. The molecule has 1 atom stereocenters. The summed E-state index contributed by atoms with van der Waals surface area (Å²) in [4.78, 5) is 25.9. The van der Waals surface area contributed by atoms with Gasteiger partial charge in [0.2, 0.25) is 5.95 Å². The SMILES string of the molecule is CN(C)c1ncc(-c2ccccc2F)c([C@H]2CCCN(C(=O)c3ccccc3)C2)n1. The lowest BCUT2D eigenvalue weighted by molar-refractivity contribution is 0.0706. The predicted octanol–water partition coefficient (Wildman–Crippen LogP) is 4.37. The highest BCUT2D eigenvalue weighted by Gasteiger charge is 2.29. The Morgan fingerprint density at radius 2 is 1.80 bits per heavy atom. The van der Waals surface area contributed by atoms with Crippen LogP contribution in [-0.4, -0.2) is 48.0 Å². The van der Waals surface area contributed by atoms with E-state index in [0.29, 0.717) is 35.7 Å². The van der Waals surface area contributed by atoms with E-state index in [2.05, 4.69) is 4.98 Å². The van der Waals surface area contributed by atoms with Crippen molar-refractivity contribution in [2.45, 2.75) is 18.8 Å². The van der Waals surface area contributed by atoms with Crippen LogP contribution in [0.2, 0.25) is 0 Å². The third-order valence-corrected chi connectivity index (χ3v) is 5.49. The smallest absolute Gasteiger partial charge is 0.253 e. The highest BCUT2D eigenvalue weighted by atomic mass is 19.1. The van der Waals surface area contributed by atoms with Gasteiger partial charge in [-0.1, -0.05) is 36.4 Å². The van der Waals surface area contributed by atoms with Gasteiger partial charge >= 0.3 is 0 Å². The van der Waals surface area contributed by atoms with Gasteiger partial charge in [-0.25, -0.2) is 14.4 Å². The fraction of sp³-hybridized carbons (Fsp3) is 0.292. The summed E-state index contributed by atoms with van der Waals surface area (Å²) < 4.78 is 14.6. The number of benzene rings is 2. The van der Waals surface area contributed by atoms with Crippen LogP contribution in [0.5, 0.6) is 0 Å². The molecular weight excluding hydrogens is 379 g/mol. The monoisotopic (exact) mass is 404 g/mol. The van der Waals surface area contributed by atoms with Gasteiger partial charge < -0.3 is 9.80 Å². The molecule has 1 saturated heterocycles. The van der Waals surface area contributed by atoms with E-state index in [1.807, 2.05) is 60.3 Å². The van der Waals surface area contributed by atoms with Gasteiger partial charge in [0.1, 0.15) is 5.82 Å².